The second-order valence-corrected chi connectivity index (χ2v) is 5.03. The molecule has 0 heterocycles. The Kier molecular flexibility index (Phi) is 4.91. The summed E-state index contributed by atoms with van der Waals surface area (Å²) in [5.74, 6) is -0.543. The number of nitrogens with two attached hydrogens (primary N) is 1. The van der Waals surface area contributed by atoms with Crippen LogP contribution in [-0.4, -0.2) is 13.1 Å². The predicted octanol–water partition coefficient (Wildman–Crippen LogP) is 3.80. The van der Waals surface area contributed by atoms with E-state index in [0.717, 1.165) is 11.3 Å². The molecular weight excluding hydrogens is 270 g/mol. The van der Waals surface area contributed by atoms with Gasteiger partial charge in [0.15, 0.2) is 0 Å². The molecule has 0 aliphatic heterocycles. The fourth-order valence-corrected chi connectivity index (χ4v) is 2.50. The third kappa shape index (κ3) is 3.39. The summed E-state index contributed by atoms with van der Waals surface area (Å²) in [6, 6.07) is 11.3. The van der Waals surface area contributed by atoms with Gasteiger partial charge in [0.05, 0.1) is 6.04 Å². The van der Waals surface area contributed by atoms with Crippen LogP contribution in [0.4, 0.5) is 14.5 Å². The van der Waals surface area contributed by atoms with Crippen molar-refractivity contribution < 1.29 is 8.78 Å². The average Bonchev–Trinajstić information content (AvgIpc) is 2.47. The summed E-state index contributed by atoms with van der Waals surface area (Å²) >= 11 is 0. The highest BCUT2D eigenvalue weighted by Crippen LogP contribution is 2.27. The monoisotopic (exact) mass is 290 g/mol. The molecule has 0 bridgehead atoms. The van der Waals surface area contributed by atoms with Crippen molar-refractivity contribution in [2.75, 3.05) is 18.0 Å². The highest BCUT2D eigenvalue weighted by atomic mass is 19.1. The van der Waals surface area contributed by atoms with Crippen LogP contribution in [0, 0.1) is 18.6 Å². The first-order valence-electron chi connectivity index (χ1n) is 7.05. The van der Waals surface area contributed by atoms with Crippen molar-refractivity contribution in [2.24, 2.45) is 5.73 Å². The third-order valence-corrected chi connectivity index (χ3v) is 3.66. The first-order chi connectivity index (χ1) is 10.1. The summed E-state index contributed by atoms with van der Waals surface area (Å²) < 4.78 is 27.2. The molecule has 0 saturated carbocycles. The number of benzene rings is 2. The van der Waals surface area contributed by atoms with Crippen LogP contribution in [0.25, 0.3) is 0 Å². The molecule has 2 aromatic carbocycles. The van der Waals surface area contributed by atoms with Crippen LogP contribution in [0.1, 0.15) is 24.1 Å². The van der Waals surface area contributed by atoms with Crippen molar-refractivity contribution >= 4 is 5.69 Å². The fourth-order valence-electron chi connectivity index (χ4n) is 2.50. The predicted molar refractivity (Wildman–Crippen MR) is 82.4 cm³/mol. The highest BCUT2D eigenvalue weighted by molar-refractivity contribution is 5.49. The van der Waals surface area contributed by atoms with E-state index < -0.39 is 0 Å². The van der Waals surface area contributed by atoms with Crippen LogP contribution < -0.4 is 10.6 Å². The molecule has 0 spiro atoms. The summed E-state index contributed by atoms with van der Waals surface area (Å²) in [5, 5.41) is 0. The van der Waals surface area contributed by atoms with Gasteiger partial charge in [0, 0.05) is 18.8 Å². The van der Waals surface area contributed by atoms with Gasteiger partial charge in [0.25, 0.3) is 0 Å². The number of rotatable bonds is 5. The quantitative estimate of drug-likeness (QED) is 0.907. The second-order valence-electron chi connectivity index (χ2n) is 5.03. The van der Waals surface area contributed by atoms with Crippen molar-refractivity contribution in [3.8, 4) is 0 Å². The molecule has 0 aliphatic rings. The van der Waals surface area contributed by atoms with E-state index in [2.05, 4.69) is 0 Å². The Hall–Kier alpha value is -1.94. The van der Waals surface area contributed by atoms with Crippen molar-refractivity contribution in [3.05, 3.63) is 65.2 Å². The van der Waals surface area contributed by atoms with Crippen LogP contribution >= 0.6 is 0 Å². The van der Waals surface area contributed by atoms with E-state index in [1.54, 1.807) is 19.1 Å². The molecule has 112 valence electrons. The maximum atomic E-state index is 13.8. The van der Waals surface area contributed by atoms with Gasteiger partial charge in [-0.1, -0.05) is 18.2 Å². The third-order valence-electron chi connectivity index (χ3n) is 3.66. The van der Waals surface area contributed by atoms with Gasteiger partial charge in [0.1, 0.15) is 11.6 Å². The molecule has 2 rings (SSSR count). The van der Waals surface area contributed by atoms with Crippen molar-refractivity contribution in [1.29, 1.82) is 0 Å². The number of nitrogens with zero attached hydrogens (tertiary/aromatic N) is 1. The van der Waals surface area contributed by atoms with Gasteiger partial charge in [0.2, 0.25) is 0 Å². The van der Waals surface area contributed by atoms with E-state index >= 15 is 0 Å². The number of hydrogen-bond donors (Lipinski definition) is 1. The molecule has 1 atom stereocenters. The second kappa shape index (κ2) is 6.68. The summed E-state index contributed by atoms with van der Waals surface area (Å²) in [7, 11) is 0. The lowest BCUT2D eigenvalue weighted by molar-refractivity contribution is 0.597. The number of anilines is 1. The SMILES string of the molecule is CCN(c1cccc(F)c1)C(CN)c1ccc(C)c(F)c1. The maximum Gasteiger partial charge on any atom is 0.126 e. The summed E-state index contributed by atoms with van der Waals surface area (Å²) in [5.41, 5.74) is 8.03. The highest BCUT2D eigenvalue weighted by Gasteiger charge is 2.19. The van der Waals surface area contributed by atoms with E-state index in [9.17, 15) is 8.78 Å². The minimum absolute atomic E-state index is 0.188. The van der Waals surface area contributed by atoms with Crippen LogP contribution in [0.3, 0.4) is 0 Å². The van der Waals surface area contributed by atoms with E-state index in [0.29, 0.717) is 18.7 Å². The van der Waals surface area contributed by atoms with Crippen LogP contribution in [-0.2, 0) is 0 Å². The Balaban J connectivity index is 2.39. The van der Waals surface area contributed by atoms with E-state index in [-0.39, 0.29) is 17.7 Å². The molecular formula is C17H20F2N2. The summed E-state index contributed by atoms with van der Waals surface area (Å²) in [6.45, 7) is 4.67. The summed E-state index contributed by atoms with van der Waals surface area (Å²) in [4.78, 5) is 1.98. The molecule has 0 fully saturated rings. The molecule has 0 radical (unpaired) electrons. The van der Waals surface area contributed by atoms with Crippen molar-refractivity contribution in [1.82, 2.24) is 0 Å². The smallest absolute Gasteiger partial charge is 0.126 e. The van der Waals surface area contributed by atoms with Gasteiger partial charge >= 0.3 is 0 Å². The average molecular weight is 290 g/mol. The number of hydrogen-bond acceptors (Lipinski definition) is 2. The Bertz CT molecular complexity index is 613. The first-order valence-corrected chi connectivity index (χ1v) is 7.05. The molecule has 1 unspecified atom stereocenters. The van der Waals surface area contributed by atoms with E-state index in [1.165, 1.54) is 18.2 Å². The topological polar surface area (TPSA) is 29.3 Å². The zero-order valence-electron chi connectivity index (χ0n) is 12.3. The summed E-state index contributed by atoms with van der Waals surface area (Å²) in [6.07, 6.45) is 0. The van der Waals surface area contributed by atoms with Crippen LogP contribution in [0.15, 0.2) is 42.5 Å². The Morgan fingerprint density at radius 3 is 2.48 bits per heavy atom. The normalized spacial score (nSPS) is 12.2. The van der Waals surface area contributed by atoms with Gasteiger partial charge in [-0.15, -0.1) is 0 Å². The molecule has 2 aromatic rings. The minimum Gasteiger partial charge on any atom is -0.363 e. The number of aryl methyl sites for hydroxylation is 1. The lowest BCUT2D eigenvalue weighted by Crippen LogP contribution is -2.33. The zero-order chi connectivity index (χ0) is 15.4. The molecule has 2 N–H and O–H groups in total. The first kappa shape index (κ1) is 15.4. The zero-order valence-corrected chi connectivity index (χ0v) is 12.3. The maximum absolute atomic E-state index is 13.8. The molecule has 0 aliphatic carbocycles. The lowest BCUT2D eigenvalue weighted by atomic mass is 10.0. The van der Waals surface area contributed by atoms with Gasteiger partial charge in [-0.3, -0.25) is 0 Å². The van der Waals surface area contributed by atoms with Crippen LogP contribution in [0.2, 0.25) is 0 Å². The molecule has 0 aromatic heterocycles. The molecule has 2 nitrogen and oxygen atoms in total. The number of halogens is 2. The van der Waals surface area contributed by atoms with Crippen molar-refractivity contribution in [3.63, 3.8) is 0 Å². The van der Waals surface area contributed by atoms with Gasteiger partial charge in [-0.25, -0.2) is 8.78 Å². The van der Waals surface area contributed by atoms with Gasteiger partial charge in [-0.2, -0.15) is 0 Å². The van der Waals surface area contributed by atoms with Gasteiger partial charge < -0.3 is 10.6 Å². The van der Waals surface area contributed by atoms with Crippen LogP contribution in [0.5, 0.6) is 0 Å². The fraction of sp³-hybridized carbons (Fsp3) is 0.294. The van der Waals surface area contributed by atoms with Crippen molar-refractivity contribution in [2.45, 2.75) is 19.9 Å². The van der Waals surface area contributed by atoms with Gasteiger partial charge in [-0.05, 0) is 49.2 Å². The Morgan fingerprint density at radius 2 is 1.90 bits per heavy atom. The molecule has 0 saturated heterocycles. The largest absolute Gasteiger partial charge is 0.363 e. The van der Waals surface area contributed by atoms with E-state index in [1.807, 2.05) is 24.0 Å². The standard InChI is InChI=1S/C17H20F2N2/c1-3-21(15-6-4-5-14(18)10-15)17(11-20)13-8-7-12(2)16(19)9-13/h4-10,17H,3,11,20H2,1-2H3. The lowest BCUT2D eigenvalue weighted by Gasteiger charge is -2.32. The minimum atomic E-state index is -0.295. The Labute approximate surface area is 124 Å². The van der Waals surface area contributed by atoms with E-state index in [4.69, 9.17) is 5.73 Å². The Morgan fingerprint density at radius 1 is 1.14 bits per heavy atom. The number of likely N-dealkylation sites (N-methyl/N-ethyl adjacent to an activating group) is 1. The molecule has 4 heteroatoms. The molecule has 0 amide bonds. The molecule has 21 heavy (non-hydrogen) atoms.